The lowest BCUT2D eigenvalue weighted by atomic mass is 10.0. The molecule has 0 unspecified atom stereocenters. The van der Waals surface area contributed by atoms with Crippen LogP contribution >= 0.6 is 23.5 Å². The van der Waals surface area contributed by atoms with Gasteiger partial charge in [-0.05, 0) is 30.8 Å². The zero-order valence-corrected chi connectivity index (χ0v) is 17.0. The lowest BCUT2D eigenvalue weighted by Crippen LogP contribution is -2.25. The van der Waals surface area contributed by atoms with Gasteiger partial charge in [0.1, 0.15) is 0 Å². The van der Waals surface area contributed by atoms with Crippen LogP contribution in [0.3, 0.4) is 0 Å². The lowest BCUT2D eigenvalue weighted by Gasteiger charge is -2.36. The van der Waals surface area contributed by atoms with E-state index in [1.54, 1.807) is 0 Å². The van der Waals surface area contributed by atoms with Gasteiger partial charge in [0.15, 0.2) is 0 Å². The van der Waals surface area contributed by atoms with Crippen molar-refractivity contribution >= 4 is 23.5 Å². The number of rotatable bonds is 14. The van der Waals surface area contributed by atoms with E-state index in [4.69, 9.17) is 0 Å². The van der Waals surface area contributed by atoms with E-state index in [9.17, 15) is 0 Å². The third kappa shape index (κ3) is 9.75. The van der Waals surface area contributed by atoms with Crippen LogP contribution in [0.25, 0.3) is 0 Å². The van der Waals surface area contributed by atoms with Crippen molar-refractivity contribution in [2.75, 3.05) is 11.5 Å². The van der Waals surface area contributed by atoms with Crippen molar-refractivity contribution < 1.29 is 0 Å². The molecule has 0 N–H and O–H groups in total. The quantitative estimate of drug-likeness (QED) is 0.292. The van der Waals surface area contributed by atoms with E-state index in [1.165, 1.54) is 108 Å². The van der Waals surface area contributed by atoms with Gasteiger partial charge in [0.2, 0.25) is 0 Å². The van der Waals surface area contributed by atoms with Gasteiger partial charge in [0.05, 0.1) is 4.08 Å². The maximum absolute atomic E-state index is 2.31. The molecule has 132 valence electrons. The Labute approximate surface area is 149 Å². The van der Waals surface area contributed by atoms with E-state index < -0.39 is 0 Å². The van der Waals surface area contributed by atoms with Crippen LogP contribution in [-0.2, 0) is 0 Å². The number of hydrogen-bond acceptors (Lipinski definition) is 2. The monoisotopic (exact) mass is 344 g/mol. The van der Waals surface area contributed by atoms with E-state index in [0.29, 0.717) is 4.08 Å². The first kappa shape index (κ1) is 20.7. The van der Waals surface area contributed by atoms with Crippen LogP contribution in [0.2, 0.25) is 0 Å². The molecule has 1 saturated heterocycles. The Morgan fingerprint density at radius 2 is 1.00 bits per heavy atom. The normalized spacial score (nSPS) is 17.7. The van der Waals surface area contributed by atoms with Gasteiger partial charge in [-0.25, -0.2) is 0 Å². The van der Waals surface area contributed by atoms with Gasteiger partial charge in [-0.1, -0.05) is 90.9 Å². The molecular weight excluding hydrogens is 304 g/mol. The van der Waals surface area contributed by atoms with Crippen molar-refractivity contribution in [2.45, 2.75) is 114 Å². The van der Waals surface area contributed by atoms with Gasteiger partial charge < -0.3 is 0 Å². The lowest BCUT2D eigenvalue weighted by molar-refractivity contribution is 0.523. The van der Waals surface area contributed by atoms with Gasteiger partial charge in [-0.2, -0.15) is 0 Å². The Balaban J connectivity index is 2.17. The third-order valence-electron chi connectivity index (χ3n) is 4.84. The molecule has 0 bridgehead atoms. The Morgan fingerprint density at radius 3 is 1.45 bits per heavy atom. The first-order valence-electron chi connectivity index (χ1n) is 10.1. The highest BCUT2D eigenvalue weighted by atomic mass is 32.2. The molecule has 1 aliphatic rings. The summed E-state index contributed by atoms with van der Waals surface area (Å²) in [5.74, 6) is 2.83. The molecule has 0 aromatic carbocycles. The fourth-order valence-electron chi connectivity index (χ4n) is 3.38. The molecule has 1 fully saturated rings. The van der Waals surface area contributed by atoms with Gasteiger partial charge in [-0.3, -0.25) is 0 Å². The standard InChI is InChI=1S/C20H40S2/c1-3-5-7-9-11-13-16-20(21-18-15-19-22-20)17-14-12-10-8-6-4-2/h3-19H2,1-2H3. The summed E-state index contributed by atoms with van der Waals surface area (Å²) < 4.78 is 0.605. The molecule has 0 radical (unpaired) electrons. The zero-order chi connectivity index (χ0) is 15.9. The van der Waals surface area contributed by atoms with Gasteiger partial charge >= 0.3 is 0 Å². The Bertz CT molecular complexity index is 216. The predicted octanol–water partition coefficient (Wildman–Crippen LogP) is 8.05. The second-order valence-corrected chi connectivity index (χ2v) is 10.2. The fraction of sp³-hybridized carbons (Fsp3) is 1.00. The van der Waals surface area contributed by atoms with Crippen molar-refractivity contribution in [3.05, 3.63) is 0 Å². The van der Waals surface area contributed by atoms with Crippen LogP contribution in [0, 0.1) is 0 Å². The van der Waals surface area contributed by atoms with E-state index in [-0.39, 0.29) is 0 Å². The Kier molecular flexibility index (Phi) is 13.3. The van der Waals surface area contributed by atoms with Gasteiger partial charge in [0.25, 0.3) is 0 Å². The highest BCUT2D eigenvalue weighted by Crippen LogP contribution is 2.49. The van der Waals surface area contributed by atoms with Crippen molar-refractivity contribution in [3.8, 4) is 0 Å². The average molecular weight is 345 g/mol. The van der Waals surface area contributed by atoms with Crippen molar-refractivity contribution in [3.63, 3.8) is 0 Å². The molecule has 0 amide bonds. The molecule has 0 nitrogen and oxygen atoms in total. The van der Waals surface area contributed by atoms with Crippen LogP contribution in [0.15, 0.2) is 0 Å². The predicted molar refractivity (Wildman–Crippen MR) is 108 cm³/mol. The van der Waals surface area contributed by atoms with E-state index in [1.807, 2.05) is 0 Å². The van der Waals surface area contributed by atoms with E-state index in [0.717, 1.165) is 0 Å². The largest absolute Gasteiger partial charge is 0.144 e. The molecule has 0 aliphatic carbocycles. The van der Waals surface area contributed by atoms with Crippen LogP contribution in [0.1, 0.15) is 110 Å². The molecular formula is C20H40S2. The van der Waals surface area contributed by atoms with Crippen LogP contribution in [0.4, 0.5) is 0 Å². The molecule has 1 heterocycles. The summed E-state index contributed by atoms with van der Waals surface area (Å²) in [5, 5.41) is 0. The second kappa shape index (κ2) is 14.1. The highest BCUT2D eigenvalue weighted by molar-refractivity contribution is 8.18. The Morgan fingerprint density at radius 1 is 0.591 bits per heavy atom. The van der Waals surface area contributed by atoms with Crippen molar-refractivity contribution in [1.82, 2.24) is 0 Å². The van der Waals surface area contributed by atoms with Gasteiger partial charge in [-0.15, -0.1) is 23.5 Å². The first-order chi connectivity index (χ1) is 10.8. The second-order valence-electron chi connectivity index (χ2n) is 7.00. The number of unbranched alkanes of at least 4 members (excludes halogenated alkanes) is 10. The summed E-state index contributed by atoms with van der Waals surface area (Å²) in [6.45, 7) is 4.62. The third-order valence-corrected chi connectivity index (χ3v) is 8.40. The first-order valence-corrected chi connectivity index (χ1v) is 12.1. The van der Waals surface area contributed by atoms with E-state index in [2.05, 4.69) is 37.4 Å². The molecule has 1 rings (SSSR count). The topological polar surface area (TPSA) is 0 Å². The maximum Gasteiger partial charge on any atom is 0.0611 e. The summed E-state index contributed by atoms with van der Waals surface area (Å²) in [6.07, 6.45) is 21.7. The van der Waals surface area contributed by atoms with Crippen LogP contribution in [0.5, 0.6) is 0 Å². The minimum absolute atomic E-state index is 0.605. The molecule has 0 spiro atoms. The molecule has 1 aliphatic heterocycles. The molecule has 2 heteroatoms. The van der Waals surface area contributed by atoms with Gasteiger partial charge in [0, 0.05) is 0 Å². The van der Waals surface area contributed by atoms with Crippen molar-refractivity contribution in [1.29, 1.82) is 0 Å². The summed E-state index contributed by atoms with van der Waals surface area (Å²) >= 11 is 4.62. The molecule has 0 aromatic heterocycles. The summed E-state index contributed by atoms with van der Waals surface area (Å²) in [5.41, 5.74) is 0. The average Bonchev–Trinajstić information content (AvgIpc) is 2.55. The minimum atomic E-state index is 0.605. The molecule has 0 atom stereocenters. The minimum Gasteiger partial charge on any atom is -0.144 e. The van der Waals surface area contributed by atoms with Crippen molar-refractivity contribution in [2.24, 2.45) is 0 Å². The highest BCUT2D eigenvalue weighted by Gasteiger charge is 2.32. The fourth-order valence-corrected chi connectivity index (χ4v) is 6.87. The zero-order valence-electron chi connectivity index (χ0n) is 15.3. The smallest absolute Gasteiger partial charge is 0.0611 e. The number of thioether (sulfide) groups is 2. The molecule has 0 saturated carbocycles. The molecule has 0 aromatic rings. The number of hydrogen-bond donors (Lipinski definition) is 0. The maximum atomic E-state index is 2.31. The van der Waals surface area contributed by atoms with Crippen LogP contribution < -0.4 is 0 Å². The summed E-state index contributed by atoms with van der Waals surface area (Å²) in [6, 6.07) is 0. The summed E-state index contributed by atoms with van der Waals surface area (Å²) in [4.78, 5) is 0. The SMILES string of the molecule is CCCCCCCCC1(CCCCCCCC)SCCCS1. The Hall–Kier alpha value is 0.700. The van der Waals surface area contributed by atoms with E-state index >= 15 is 0 Å². The summed E-state index contributed by atoms with van der Waals surface area (Å²) in [7, 11) is 0. The van der Waals surface area contributed by atoms with Crippen LogP contribution in [-0.4, -0.2) is 15.6 Å². The molecule has 22 heavy (non-hydrogen) atoms.